The highest BCUT2D eigenvalue weighted by Gasteiger charge is 2.05. The summed E-state index contributed by atoms with van der Waals surface area (Å²) in [6.07, 6.45) is 4.09. The molecule has 0 radical (unpaired) electrons. The van der Waals surface area contributed by atoms with Crippen molar-refractivity contribution in [3.63, 3.8) is 0 Å². The molecule has 0 atom stereocenters. The number of hydrogen-bond donors (Lipinski definition) is 1. The molecular weight excluding hydrogens is 234 g/mol. The molecule has 0 spiro atoms. The number of nitrogens with zero attached hydrogens (tertiary/aromatic N) is 2. The minimum absolute atomic E-state index is 0.549. The SMILES string of the molecule is Cc1ccc(-c2cn3cc(CN)ccc3n2)cc1C. The maximum absolute atomic E-state index is 5.66. The Balaban J connectivity index is 2.11. The third-order valence-corrected chi connectivity index (χ3v) is 3.55. The maximum atomic E-state index is 5.66. The summed E-state index contributed by atoms with van der Waals surface area (Å²) in [5.74, 6) is 0. The summed E-state index contributed by atoms with van der Waals surface area (Å²) in [5.41, 5.74) is 12.5. The van der Waals surface area contributed by atoms with Gasteiger partial charge in [-0.05, 0) is 42.7 Å². The Bertz CT molecular complexity index is 741. The predicted molar refractivity (Wildman–Crippen MR) is 78.0 cm³/mol. The first-order chi connectivity index (χ1) is 9.17. The van der Waals surface area contributed by atoms with Crippen molar-refractivity contribution in [2.45, 2.75) is 20.4 Å². The summed E-state index contributed by atoms with van der Waals surface area (Å²) in [6, 6.07) is 10.5. The fourth-order valence-corrected chi connectivity index (χ4v) is 2.20. The normalized spacial score (nSPS) is 11.1. The van der Waals surface area contributed by atoms with Gasteiger partial charge in [0.1, 0.15) is 5.65 Å². The standard InChI is InChI=1S/C16H17N3/c1-11-3-5-14(7-12(11)2)15-10-19-9-13(8-17)4-6-16(19)18-15/h3-7,9-10H,8,17H2,1-2H3. The Morgan fingerprint density at radius 2 is 1.89 bits per heavy atom. The van der Waals surface area contributed by atoms with Gasteiger partial charge in [-0.2, -0.15) is 0 Å². The maximum Gasteiger partial charge on any atom is 0.137 e. The molecule has 2 N–H and O–H groups in total. The van der Waals surface area contributed by atoms with Crippen molar-refractivity contribution in [2.24, 2.45) is 5.73 Å². The van der Waals surface area contributed by atoms with Crippen LogP contribution in [0.2, 0.25) is 0 Å². The van der Waals surface area contributed by atoms with Crippen LogP contribution >= 0.6 is 0 Å². The van der Waals surface area contributed by atoms with E-state index in [-0.39, 0.29) is 0 Å². The molecule has 0 aliphatic heterocycles. The molecule has 0 aliphatic rings. The first-order valence-corrected chi connectivity index (χ1v) is 6.43. The molecule has 0 saturated carbocycles. The van der Waals surface area contributed by atoms with E-state index in [0.29, 0.717) is 6.54 Å². The molecule has 2 heterocycles. The second-order valence-electron chi connectivity index (χ2n) is 4.93. The summed E-state index contributed by atoms with van der Waals surface area (Å²) in [6.45, 7) is 4.80. The first kappa shape index (κ1) is 11.9. The zero-order valence-electron chi connectivity index (χ0n) is 11.2. The Kier molecular flexibility index (Phi) is 2.84. The van der Waals surface area contributed by atoms with Crippen LogP contribution in [0.25, 0.3) is 16.9 Å². The van der Waals surface area contributed by atoms with Crippen LogP contribution in [-0.4, -0.2) is 9.38 Å². The van der Waals surface area contributed by atoms with Crippen LogP contribution in [0, 0.1) is 13.8 Å². The van der Waals surface area contributed by atoms with Crippen molar-refractivity contribution in [2.75, 3.05) is 0 Å². The molecule has 0 saturated heterocycles. The molecule has 19 heavy (non-hydrogen) atoms. The lowest BCUT2D eigenvalue weighted by atomic mass is 10.1. The second-order valence-corrected chi connectivity index (χ2v) is 4.93. The highest BCUT2D eigenvalue weighted by Crippen LogP contribution is 2.22. The van der Waals surface area contributed by atoms with Crippen molar-refractivity contribution in [1.82, 2.24) is 9.38 Å². The zero-order valence-corrected chi connectivity index (χ0v) is 11.2. The van der Waals surface area contributed by atoms with Gasteiger partial charge in [-0.1, -0.05) is 18.2 Å². The van der Waals surface area contributed by atoms with Gasteiger partial charge in [0.05, 0.1) is 5.69 Å². The van der Waals surface area contributed by atoms with E-state index < -0.39 is 0 Å². The largest absolute Gasteiger partial charge is 0.326 e. The molecule has 2 aromatic heterocycles. The predicted octanol–water partition coefficient (Wildman–Crippen LogP) is 3.08. The van der Waals surface area contributed by atoms with Crippen LogP contribution in [0.1, 0.15) is 16.7 Å². The smallest absolute Gasteiger partial charge is 0.137 e. The van der Waals surface area contributed by atoms with Gasteiger partial charge in [0, 0.05) is 24.5 Å². The summed E-state index contributed by atoms with van der Waals surface area (Å²) in [4.78, 5) is 4.65. The molecule has 3 heteroatoms. The van der Waals surface area contributed by atoms with E-state index in [1.54, 1.807) is 0 Å². The number of aromatic nitrogens is 2. The summed E-state index contributed by atoms with van der Waals surface area (Å²) in [5, 5.41) is 0. The van der Waals surface area contributed by atoms with E-state index in [0.717, 1.165) is 22.5 Å². The Morgan fingerprint density at radius 1 is 1.05 bits per heavy atom. The van der Waals surface area contributed by atoms with E-state index in [1.165, 1.54) is 11.1 Å². The highest BCUT2D eigenvalue weighted by atomic mass is 15.0. The minimum atomic E-state index is 0.549. The van der Waals surface area contributed by atoms with E-state index in [1.807, 2.05) is 22.7 Å². The van der Waals surface area contributed by atoms with Crippen LogP contribution in [-0.2, 0) is 6.54 Å². The van der Waals surface area contributed by atoms with Gasteiger partial charge in [0.2, 0.25) is 0 Å². The molecule has 96 valence electrons. The lowest BCUT2D eigenvalue weighted by Crippen LogP contribution is -1.97. The Morgan fingerprint density at radius 3 is 2.63 bits per heavy atom. The molecule has 3 nitrogen and oxygen atoms in total. The molecule has 0 fully saturated rings. The number of hydrogen-bond acceptors (Lipinski definition) is 2. The van der Waals surface area contributed by atoms with E-state index in [4.69, 9.17) is 5.73 Å². The molecular formula is C16H17N3. The van der Waals surface area contributed by atoms with Gasteiger partial charge >= 0.3 is 0 Å². The molecule has 0 aliphatic carbocycles. The van der Waals surface area contributed by atoms with Gasteiger partial charge in [-0.25, -0.2) is 4.98 Å². The molecule has 0 unspecified atom stereocenters. The summed E-state index contributed by atoms with van der Waals surface area (Å²) < 4.78 is 2.03. The molecule has 3 aromatic rings. The van der Waals surface area contributed by atoms with Crippen molar-refractivity contribution >= 4 is 5.65 Å². The third kappa shape index (κ3) is 2.13. The van der Waals surface area contributed by atoms with E-state index >= 15 is 0 Å². The third-order valence-electron chi connectivity index (χ3n) is 3.55. The number of imidazole rings is 1. The Hall–Kier alpha value is -2.13. The van der Waals surface area contributed by atoms with Crippen molar-refractivity contribution in [3.8, 4) is 11.3 Å². The minimum Gasteiger partial charge on any atom is -0.326 e. The summed E-state index contributed by atoms with van der Waals surface area (Å²) in [7, 11) is 0. The zero-order chi connectivity index (χ0) is 13.4. The number of aryl methyl sites for hydroxylation is 2. The van der Waals surface area contributed by atoms with Gasteiger partial charge in [-0.3, -0.25) is 0 Å². The molecule has 3 rings (SSSR count). The van der Waals surface area contributed by atoms with Crippen LogP contribution in [0.3, 0.4) is 0 Å². The van der Waals surface area contributed by atoms with Gasteiger partial charge in [-0.15, -0.1) is 0 Å². The van der Waals surface area contributed by atoms with E-state index in [2.05, 4.69) is 43.2 Å². The summed E-state index contributed by atoms with van der Waals surface area (Å²) >= 11 is 0. The van der Waals surface area contributed by atoms with E-state index in [9.17, 15) is 0 Å². The van der Waals surface area contributed by atoms with Gasteiger partial charge in [0.25, 0.3) is 0 Å². The fraction of sp³-hybridized carbons (Fsp3) is 0.188. The number of fused-ring (bicyclic) bond motifs is 1. The van der Waals surface area contributed by atoms with Gasteiger partial charge in [0.15, 0.2) is 0 Å². The lowest BCUT2D eigenvalue weighted by Gasteiger charge is -2.01. The quantitative estimate of drug-likeness (QED) is 0.760. The second kappa shape index (κ2) is 4.52. The van der Waals surface area contributed by atoms with Gasteiger partial charge < -0.3 is 10.1 Å². The highest BCUT2D eigenvalue weighted by molar-refractivity contribution is 5.64. The van der Waals surface area contributed by atoms with Crippen molar-refractivity contribution < 1.29 is 0 Å². The monoisotopic (exact) mass is 251 g/mol. The van der Waals surface area contributed by atoms with Crippen LogP contribution in [0.15, 0.2) is 42.7 Å². The molecule has 1 aromatic carbocycles. The Labute approximate surface area is 112 Å². The lowest BCUT2D eigenvalue weighted by molar-refractivity contribution is 1.03. The number of pyridine rings is 1. The average Bonchev–Trinajstić information content (AvgIpc) is 2.84. The fourth-order valence-electron chi connectivity index (χ4n) is 2.20. The molecule has 0 bridgehead atoms. The topological polar surface area (TPSA) is 43.3 Å². The number of nitrogens with two attached hydrogens (primary N) is 1. The molecule has 0 amide bonds. The van der Waals surface area contributed by atoms with Crippen LogP contribution in [0.5, 0.6) is 0 Å². The number of rotatable bonds is 2. The van der Waals surface area contributed by atoms with Crippen molar-refractivity contribution in [1.29, 1.82) is 0 Å². The van der Waals surface area contributed by atoms with Crippen molar-refractivity contribution in [3.05, 3.63) is 59.4 Å². The first-order valence-electron chi connectivity index (χ1n) is 6.43. The number of benzene rings is 1. The van der Waals surface area contributed by atoms with Crippen LogP contribution < -0.4 is 5.73 Å². The average molecular weight is 251 g/mol. The van der Waals surface area contributed by atoms with Crippen LogP contribution in [0.4, 0.5) is 0 Å².